The van der Waals surface area contributed by atoms with Gasteiger partial charge in [0, 0.05) is 18.8 Å². The maximum Gasteiger partial charge on any atom is 0.307 e. The second-order valence-corrected chi connectivity index (χ2v) is 9.84. The number of morpholine rings is 1. The van der Waals surface area contributed by atoms with Crippen LogP contribution in [-0.2, 0) is 29.1 Å². The number of anilines is 1. The van der Waals surface area contributed by atoms with E-state index >= 15 is 0 Å². The highest BCUT2D eigenvalue weighted by Gasteiger charge is 2.26. The molecule has 1 aliphatic heterocycles. The summed E-state index contributed by atoms with van der Waals surface area (Å²) < 4.78 is 36.9. The van der Waals surface area contributed by atoms with E-state index in [-0.39, 0.29) is 16.7 Å². The predicted octanol–water partition coefficient (Wildman–Crippen LogP) is 2.01. The van der Waals surface area contributed by atoms with Crippen molar-refractivity contribution in [3.8, 4) is 0 Å². The van der Waals surface area contributed by atoms with Crippen LogP contribution in [0.15, 0.2) is 29.2 Å². The molecule has 0 unspecified atom stereocenters. The fourth-order valence-corrected chi connectivity index (χ4v) is 4.02. The third-order valence-corrected chi connectivity index (χ3v) is 5.99. The van der Waals surface area contributed by atoms with Crippen LogP contribution < -0.4 is 5.32 Å². The van der Waals surface area contributed by atoms with Crippen LogP contribution in [-0.4, -0.2) is 57.0 Å². The predicted molar refractivity (Wildman–Crippen MR) is 104 cm³/mol. The van der Waals surface area contributed by atoms with E-state index < -0.39 is 28.0 Å². The zero-order valence-electron chi connectivity index (χ0n) is 16.7. The first kappa shape index (κ1) is 22.3. The van der Waals surface area contributed by atoms with Crippen LogP contribution in [0, 0.1) is 5.41 Å². The second kappa shape index (κ2) is 9.02. The lowest BCUT2D eigenvalue weighted by atomic mass is 9.92. The van der Waals surface area contributed by atoms with Gasteiger partial charge in [0.25, 0.3) is 5.91 Å². The normalized spacial score (nSPS) is 17.0. The number of nitrogens with zero attached hydrogens (tertiary/aromatic N) is 1. The molecule has 1 fully saturated rings. The van der Waals surface area contributed by atoms with Crippen LogP contribution in [0.25, 0.3) is 0 Å². The van der Waals surface area contributed by atoms with Gasteiger partial charge in [0.2, 0.25) is 10.0 Å². The number of nitrogens with one attached hydrogen (secondary N) is 1. The molecule has 1 aliphatic rings. The molecule has 1 heterocycles. The molecule has 0 saturated carbocycles. The summed E-state index contributed by atoms with van der Waals surface area (Å²) in [6.07, 6.45) is -0.745. The number of rotatable bonds is 6. The van der Waals surface area contributed by atoms with Crippen molar-refractivity contribution in [2.75, 3.05) is 31.6 Å². The Morgan fingerprint density at radius 1 is 1.18 bits per heavy atom. The first-order valence-electron chi connectivity index (χ1n) is 9.17. The first-order valence-corrected chi connectivity index (χ1v) is 10.6. The molecule has 9 heteroatoms. The van der Waals surface area contributed by atoms with Crippen molar-refractivity contribution in [3.05, 3.63) is 24.3 Å². The minimum Gasteiger partial charge on any atom is -0.453 e. The number of hydrogen-bond donors (Lipinski definition) is 1. The Balaban J connectivity index is 1.96. The number of carbonyl (C=O) groups is 2. The number of hydrogen-bond acceptors (Lipinski definition) is 6. The van der Waals surface area contributed by atoms with Crippen molar-refractivity contribution in [2.45, 2.75) is 45.1 Å². The monoisotopic (exact) mass is 412 g/mol. The summed E-state index contributed by atoms with van der Waals surface area (Å²) in [5, 5.41) is 2.62. The third-order valence-electron chi connectivity index (χ3n) is 4.08. The highest BCUT2D eigenvalue weighted by Crippen LogP contribution is 2.21. The van der Waals surface area contributed by atoms with E-state index in [1.54, 1.807) is 0 Å². The lowest BCUT2D eigenvalue weighted by molar-refractivity contribution is -0.154. The van der Waals surface area contributed by atoms with E-state index in [0.717, 1.165) is 0 Å². The van der Waals surface area contributed by atoms with Crippen LogP contribution in [0.4, 0.5) is 5.69 Å². The van der Waals surface area contributed by atoms with Crippen LogP contribution in [0.1, 0.15) is 34.1 Å². The van der Waals surface area contributed by atoms with Crippen LogP contribution in [0.5, 0.6) is 0 Å². The number of esters is 1. The first-order chi connectivity index (χ1) is 13.0. The zero-order chi connectivity index (χ0) is 20.9. The van der Waals surface area contributed by atoms with Gasteiger partial charge in [0.05, 0.1) is 24.5 Å². The topological polar surface area (TPSA) is 102 Å². The molecule has 0 spiro atoms. The second-order valence-electron chi connectivity index (χ2n) is 7.90. The van der Waals surface area contributed by atoms with E-state index in [2.05, 4.69) is 5.32 Å². The summed E-state index contributed by atoms with van der Waals surface area (Å²) in [6, 6.07) is 5.90. The van der Waals surface area contributed by atoms with Gasteiger partial charge in [-0.15, -0.1) is 0 Å². The van der Waals surface area contributed by atoms with Crippen molar-refractivity contribution < 1.29 is 27.5 Å². The summed E-state index contributed by atoms with van der Waals surface area (Å²) in [5.41, 5.74) is 0.194. The van der Waals surface area contributed by atoms with E-state index in [0.29, 0.717) is 32.0 Å². The summed E-state index contributed by atoms with van der Waals surface area (Å²) in [5.74, 6) is -0.923. The lowest BCUT2D eigenvalue weighted by Crippen LogP contribution is -2.40. The Hall–Kier alpha value is -1.97. The van der Waals surface area contributed by atoms with Crippen molar-refractivity contribution in [3.63, 3.8) is 0 Å². The SMILES string of the molecule is C[C@H](OC(=O)CC(C)(C)C)C(=O)Nc1ccc(S(=O)(=O)N2CCOCC2)cc1. The van der Waals surface area contributed by atoms with E-state index in [1.807, 2.05) is 20.8 Å². The average molecular weight is 413 g/mol. The van der Waals surface area contributed by atoms with Crippen LogP contribution in [0.3, 0.4) is 0 Å². The molecule has 0 aromatic heterocycles. The largest absolute Gasteiger partial charge is 0.453 e. The molecule has 8 nitrogen and oxygen atoms in total. The quantitative estimate of drug-likeness (QED) is 0.717. The number of ether oxygens (including phenoxy) is 2. The van der Waals surface area contributed by atoms with Gasteiger partial charge in [-0.2, -0.15) is 4.31 Å². The van der Waals surface area contributed by atoms with Gasteiger partial charge in [-0.25, -0.2) is 8.42 Å². The van der Waals surface area contributed by atoms with Gasteiger partial charge in [-0.3, -0.25) is 9.59 Å². The Labute approximate surface area is 166 Å². The van der Waals surface area contributed by atoms with Crippen molar-refractivity contribution >= 4 is 27.6 Å². The fourth-order valence-electron chi connectivity index (χ4n) is 2.62. The Morgan fingerprint density at radius 3 is 2.29 bits per heavy atom. The van der Waals surface area contributed by atoms with Gasteiger partial charge < -0.3 is 14.8 Å². The van der Waals surface area contributed by atoms with Gasteiger partial charge in [0.15, 0.2) is 6.10 Å². The maximum atomic E-state index is 12.6. The highest BCUT2D eigenvalue weighted by molar-refractivity contribution is 7.89. The molecule has 1 aromatic rings. The molecule has 0 bridgehead atoms. The van der Waals surface area contributed by atoms with Gasteiger partial charge in [-0.1, -0.05) is 20.8 Å². The van der Waals surface area contributed by atoms with E-state index in [4.69, 9.17) is 9.47 Å². The molecule has 1 atom stereocenters. The van der Waals surface area contributed by atoms with E-state index in [1.165, 1.54) is 35.5 Å². The van der Waals surface area contributed by atoms with Crippen LogP contribution in [0.2, 0.25) is 0 Å². The molecule has 0 aliphatic carbocycles. The van der Waals surface area contributed by atoms with E-state index in [9.17, 15) is 18.0 Å². The third kappa shape index (κ3) is 6.29. The maximum absolute atomic E-state index is 12.6. The number of benzene rings is 1. The van der Waals surface area contributed by atoms with Gasteiger partial charge in [-0.05, 0) is 36.6 Å². The smallest absolute Gasteiger partial charge is 0.307 e. The van der Waals surface area contributed by atoms with Gasteiger partial charge >= 0.3 is 5.97 Å². The zero-order valence-corrected chi connectivity index (χ0v) is 17.5. The molecule has 1 N–H and O–H groups in total. The molecule has 1 saturated heterocycles. The molecule has 1 aromatic carbocycles. The Bertz CT molecular complexity index is 793. The Kier molecular flexibility index (Phi) is 7.19. The summed E-state index contributed by atoms with van der Waals surface area (Å²) in [6.45, 7) is 8.60. The summed E-state index contributed by atoms with van der Waals surface area (Å²) in [4.78, 5) is 24.2. The number of sulfonamides is 1. The lowest BCUT2D eigenvalue weighted by Gasteiger charge is -2.26. The molecule has 1 amide bonds. The van der Waals surface area contributed by atoms with Gasteiger partial charge in [0.1, 0.15) is 0 Å². The Morgan fingerprint density at radius 2 is 1.75 bits per heavy atom. The highest BCUT2D eigenvalue weighted by atomic mass is 32.2. The molecule has 156 valence electrons. The summed E-state index contributed by atoms with van der Waals surface area (Å²) in [7, 11) is -3.59. The minimum absolute atomic E-state index is 0.150. The molecule has 0 radical (unpaired) electrons. The molecular weight excluding hydrogens is 384 g/mol. The molecule has 2 rings (SSSR count). The number of amides is 1. The van der Waals surface area contributed by atoms with Crippen LogP contribution >= 0.6 is 0 Å². The number of carbonyl (C=O) groups excluding carboxylic acids is 2. The molecular formula is C19H28N2O6S. The summed E-state index contributed by atoms with van der Waals surface area (Å²) >= 11 is 0. The van der Waals surface area contributed by atoms with Crippen molar-refractivity contribution in [1.82, 2.24) is 4.31 Å². The van der Waals surface area contributed by atoms with Crippen molar-refractivity contribution in [1.29, 1.82) is 0 Å². The average Bonchev–Trinajstić information content (AvgIpc) is 2.61. The fraction of sp³-hybridized carbons (Fsp3) is 0.579. The standard InChI is InChI=1S/C19H28N2O6S/c1-14(27-17(22)13-19(2,3)4)18(23)20-15-5-7-16(8-6-15)28(24,25)21-9-11-26-12-10-21/h5-8,14H,9-13H2,1-4H3,(H,20,23)/t14-/m0/s1. The van der Waals surface area contributed by atoms with Crippen molar-refractivity contribution in [2.24, 2.45) is 5.41 Å². The minimum atomic E-state index is -3.59. The molecule has 28 heavy (non-hydrogen) atoms.